The van der Waals surface area contributed by atoms with Crippen molar-refractivity contribution in [3.63, 3.8) is 0 Å². The van der Waals surface area contributed by atoms with E-state index in [0.29, 0.717) is 36.1 Å². The minimum absolute atomic E-state index is 0.0470. The fraction of sp³-hybridized carbons (Fsp3) is 0.500. The van der Waals surface area contributed by atoms with Gasteiger partial charge in [-0.05, 0) is 25.1 Å². The molecule has 0 bridgehead atoms. The van der Waals surface area contributed by atoms with Crippen LogP contribution in [0.15, 0.2) is 18.2 Å². The van der Waals surface area contributed by atoms with Crippen LogP contribution in [0, 0.1) is 0 Å². The molecule has 116 valence electrons. The van der Waals surface area contributed by atoms with E-state index in [-0.39, 0.29) is 24.7 Å². The fourth-order valence-electron chi connectivity index (χ4n) is 2.24. The molecule has 1 heterocycles. The number of nitrogens with one attached hydrogen (secondary N) is 1. The van der Waals surface area contributed by atoms with Crippen molar-refractivity contribution in [2.24, 2.45) is 0 Å². The number of benzene rings is 1. The molecule has 6 nitrogen and oxygen atoms in total. The van der Waals surface area contributed by atoms with Crippen molar-refractivity contribution >= 4 is 28.9 Å². The molecule has 0 aromatic heterocycles. The summed E-state index contributed by atoms with van der Waals surface area (Å²) >= 11 is 6.05. The lowest BCUT2D eigenvalue weighted by atomic mass is 10.2. The molecule has 1 amide bonds. The molecule has 0 saturated carbocycles. The van der Waals surface area contributed by atoms with E-state index in [1.165, 1.54) is 0 Å². The van der Waals surface area contributed by atoms with Crippen molar-refractivity contribution in [3.05, 3.63) is 23.2 Å². The van der Waals surface area contributed by atoms with Gasteiger partial charge in [0.2, 0.25) is 5.91 Å². The first-order valence-corrected chi connectivity index (χ1v) is 7.21. The third kappa shape index (κ3) is 4.07. The summed E-state index contributed by atoms with van der Waals surface area (Å²) in [4.78, 5) is 14.3. The second-order valence-electron chi connectivity index (χ2n) is 5.07. The van der Waals surface area contributed by atoms with Crippen LogP contribution in [0.3, 0.4) is 0 Å². The van der Waals surface area contributed by atoms with E-state index < -0.39 is 0 Å². The van der Waals surface area contributed by atoms with Crippen molar-refractivity contribution in [2.45, 2.75) is 19.1 Å². The Hall–Kier alpha value is -1.34. The Kier molecular flexibility index (Phi) is 5.41. The topological polar surface area (TPSA) is 87.8 Å². The van der Waals surface area contributed by atoms with Gasteiger partial charge >= 0.3 is 0 Å². The number of rotatable bonds is 4. The number of halogens is 1. The molecular formula is C14H20ClN3O3. The molecule has 0 radical (unpaired) electrons. The number of nitrogens with two attached hydrogens (primary N) is 1. The third-order valence-corrected chi connectivity index (χ3v) is 3.86. The largest absolute Gasteiger partial charge is 0.399 e. The van der Waals surface area contributed by atoms with Gasteiger partial charge < -0.3 is 20.9 Å². The van der Waals surface area contributed by atoms with Gasteiger partial charge in [-0.15, -0.1) is 0 Å². The number of nitrogens with zero attached hydrogens (tertiary/aromatic N) is 1. The normalized spacial score (nSPS) is 21.0. The Balaban J connectivity index is 1.99. The molecule has 0 spiro atoms. The fourth-order valence-corrected chi connectivity index (χ4v) is 2.48. The number of nitrogen functional groups attached to an aromatic ring is 1. The Morgan fingerprint density at radius 1 is 1.67 bits per heavy atom. The Bertz CT molecular complexity index is 512. The minimum atomic E-state index is -0.337. The van der Waals surface area contributed by atoms with E-state index in [9.17, 15) is 4.79 Å². The van der Waals surface area contributed by atoms with E-state index in [4.69, 9.17) is 27.2 Å². The van der Waals surface area contributed by atoms with E-state index in [2.05, 4.69) is 5.32 Å². The predicted molar refractivity (Wildman–Crippen MR) is 82.4 cm³/mol. The maximum Gasteiger partial charge on any atom is 0.241 e. The Morgan fingerprint density at radius 2 is 2.43 bits per heavy atom. The third-order valence-electron chi connectivity index (χ3n) is 3.55. The first kappa shape index (κ1) is 16.0. The van der Waals surface area contributed by atoms with Gasteiger partial charge in [0.25, 0.3) is 0 Å². The number of morpholine rings is 1. The molecule has 1 fully saturated rings. The standard InChI is InChI=1S/C14H20ClN3O3/c1-9(18-4-5-21-11(7-18)8-19)14(20)17-13-3-2-10(16)6-12(13)15/h2-3,6,9,11,19H,4-5,7-8,16H2,1H3,(H,17,20). The summed E-state index contributed by atoms with van der Waals surface area (Å²) in [5.41, 5.74) is 6.71. The quantitative estimate of drug-likeness (QED) is 0.720. The van der Waals surface area contributed by atoms with Crippen molar-refractivity contribution in [1.82, 2.24) is 4.90 Å². The number of aliphatic hydroxyl groups excluding tert-OH is 1. The summed E-state index contributed by atoms with van der Waals surface area (Å²) in [7, 11) is 0. The van der Waals surface area contributed by atoms with Crippen LogP contribution in [0.2, 0.25) is 5.02 Å². The first-order valence-electron chi connectivity index (χ1n) is 6.83. The number of carbonyl (C=O) groups excluding carboxylic acids is 1. The molecule has 2 atom stereocenters. The van der Waals surface area contributed by atoms with Crippen LogP contribution in [0.5, 0.6) is 0 Å². The van der Waals surface area contributed by atoms with Crippen LogP contribution >= 0.6 is 11.6 Å². The molecular weight excluding hydrogens is 294 g/mol. The second-order valence-corrected chi connectivity index (χ2v) is 5.48. The van der Waals surface area contributed by atoms with Crippen LogP contribution in [0.1, 0.15) is 6.92 Å². The van der Waals surface area contributed by atoms with Crippen molar-refractivity contribution in [1.29, 1.82) is 0 Å². The second kappa shape index (κ2) is 7.09. The van der Waals surface area contributed by atoms with E-state index in [1.807, 2.05) is 11.8 Å². The summed E-state index contributed by atoms with van der Waals surface area (Å²) < 4.78 is 5.38. The zero-order valence-electron chi connectivity index (χ0n) is 11.9. The summed E-state index contributed by atoms with van der Waals surface area (Å²) in [6.45, 7) is 3.46. The summed E-state index contributed by atoms with van der Waals surface area (Å²) in [5, 5.41) is 12.3. The number of hydrogen-bond acceptors (Lipinski definition) is 5. The molecule has 2 rings (SSSR count). The van der Waals surface area contributed by atoms with Gasteiger partial charge in [0.1, 0.15) is 0 Å². The van der Waals surface area contributed by atoms with Gasteiger partial charge in [-0.3, -0.25) is 9.69 Å². The first-order chi connectivity index (χ1) is 10.0. The molecule has 7 heteroatoms. The highest BCUT2D eigenvalue weighted by Crippen LogP contribution is 2.24. The highest BCUT2D eigenvalue weighted by atomic mass is 35.5. The molecule has 0 aliphatic carbocycles. The minimum Gasteiger partial charge on any atom is -0.399 e. The average molecular weight is 314 g/mol. The number of aliphatic hydroxyl groups is 1. The van der Waals surface area contributed by atoms with Gasteiger partial charge in [-0.2, -0.15) is 0 Å². The average Bonchev–Trinajstić information content (AvgIpc) is 2.49. The number of hydrogen-bond donors (Lipinski definition) is 3. The van der Waals surface area contributed by atoms with Crippen LogP contribution in [-0.2, 0) is 9.53 Å². The van der Waals surface area contributed by atoms with Crippen molar-refractivity contribution in [3.8, 4) is 0 Å². The molecule has 1 aromatic rings. The highest BCUT2D eigenvalue weighted by molar-refractivity contribution is 6.34. The molecule has 2 unspecified atom stereocenters. The monoisotopic (exact) mass is 313 g/mol. The summed E-state index contributed by atoms with van der Waals surface area (Å²) in [5.74, 6) is -0.153. The molecule has 21 heavy (non-hydrogen) atoms. The number of ether oxygens (including phenoxy) is 1. The molecule has 1 saturated heterocycles. The van der Waals surface area contributed by atoms with Crippen LogP contribution in [0.4, 0.5) is 11.4 Å². The predicted octanol–water partition coefficient (Wildman–Crippen LogP) is 0.942. The Morgan fingerprint density at radius 3 is 3.10 bits per heavy atom. The zero-order chi connectivity index (χ0) is 15.4. The van der Waals surface area contributed by atoms with Crippen LogP contribution in [0.25, 0.3) is 0 Å². The van der Waals surface area contributed by atoms with Crippen molar-refractivity contribution in [2.75, 3.05) is 37.4 Å². The smallest absolute Gasteiger partial charge is 0.241 e. The lowest BCUT2D eigenvalue weighted by molar-refractivity contribution is -0.125. The molecule has 1 aliphatic rings. The maximum atomic E-state index is 12.3. The van der Waals surface area contributed by atoms with Gasteiger partial charge in [-0.1, -0.05) is 11.6 Å². The summed E-state index contributed by atoms with van der Waals surface area (Å²) in [6.07, 6.45) is -0.242. The summed E-state index contributed by atoms with van der Waals surface area (Å²) in [6, 6.07) is 4.62. The van der Waals surface area contributed by atoms with E-state index in [0.717, 1.165) is 0 Å². The van der Waals surface area contributed by atoms with Crippen LogP contribution in [-0.4, -0.2) is 54.4 Å². The van der Waals surface area contributed by atoms with Gasteiger partial charge in [-0.25, -0.2) is 0 Å². The van der Waals surface area contributed by atoms with E-state index in [1.54, 1.807) is 18.2 Å². The van der Waals surface area contributed by atoms with Crippen molar-refractivity contribution < 1.29 is 14.6 Å². The van der Waals surface area contributed by atoms with Gasteiger partial charge in [0, 0.05) is 18.8 Å². The number of anilines is 2. The molecule has 1 aliphatic heterocycles. The molecule has 1 aromatic carbocycles. The lowest BCUT2D eigenvalue weighted by Gasteiger charge is -2.35. The number of amides is 1. The van der Waals surface area contributed by atoms with E-state index >= 15 is 0 Å². The highest BCUT2D eigenvalue weighted by Gasteiger charge is 2.27. The number of carbonyl (C=O) groups is 1. The SMILES string of the molecule is CC(C(=O)Nc1ccc(N)cc1Cl)N1CCOC(CO)C1. The van der Waals surface area contributed by atoms with Gasteiger partial charge in [0.15, 0.2) is 0 Å². The molecule has 4 N–H and O–H groups in total. The zero-order valence-corrected chi connectivity index (χ0v) is 12.6. The van der Waals surface area contributed by atoms with Gasteiger partial charge in [0.05, 0.1) is 36.1 Å². The Labute approximate surface area is 128 Å². The lowest BCUT2D eigenvalue weighted by Crippen LogP contribution is -2.51. The van der Waals surface area contributed by atoms with Crippen LogP contribution < -0.4 is 11.1 Å². The maximum absolute atomic E-state index is 12.3.